The fourth-order valence-corrected chi connectivity index (χ4v) is 2.98. The van der Waals surface area contributed by atoms with E-state index in [4.69, 9.17) is 10.5 Å². The van der Waals surface area contributed by atoms with E-state index < -0.39 is 0 Å². The highest BCUT2D eigenvalue weighted by molar-refractivity contribution is 5.93. The molecule has 0 amide bonds. The molecule has 116 valence electrons. The minimum absolute atomic E-state index is 0.301. The Morgan fingerprint density at radius 2 is 1.78 bits per heavy atom. The van der Waals surface area contributed by atoms with Crippen LogP contribution in [0.4, 0.5) is 11.6 Å². The van der Waals surface area contributed by atoms with Crippen LogP contribution in [0, 0.1) is 0 Å². The van der Waals surface area contributed by atoms with Crippen molar-refractivity contribution in [1.29, 1.82) is 0 Å². The number of ether oxygens (including phenoxy) is 1. The fraction of sp³-hybridized carbons (Fsp3) is 0.222. The molecule has 23 heavy (non-hydrogen) atoms. The van der Waals surface area contributed by atoms with Crippen molar-refractivity contribution in [3.8, 4) is 11.1 Å². The number of nitrogen functional groups attached to an aromatic ring is 1. The number of anilines is 2. The van der Waals surface area contributed by atoms with Gasteiger partial charge in [-0.25, -0.2) is 9.97 Å². The summed E-state index contributed by atoms with van der Waals surface area (Å²) in [6.07, 6.45) is 1.77. The number of rotatable bonds is 2. The lowest BCUT2D eigenvalue weighted by Gasteiger charge is -2.28. The molecule has 5 heteroatoms. The lowest BCUT2D eigenvalue weighted by atomic mass is 10.0. The number of para-hydroxylation sites is 1. The molecule has 0 aliphatic carbocycles. The van der Waals surface area contributed by atoms with Gasteiger partial charge in [-0.3, -0.25) is 0 Å². The lowest BCUT2D eigenvalue weighted by Crippen LogP contribution is -2.36. The van der Waals surface area contributed by atoms with Gasteiger partial charge in [-0.15, -0.1) is 0 Å². The van der Waals surface area contributed by atoms with Crippen molar-refractivity contribution in [2.24, 2.45) is 0 Å². The molecule has 1 aliphatic heterocycles. The summed E-state index contributed by atoms with van der Waals surface area (Å²) in [7, 11) is 0. The highest BCUT2D eigenvalue weighted by atomic mass is 16.5. The number of fused-ring (bicyclic) bond motifs is 1. The topological polar surface area (TPSA) is 64.3 Å². The van der Waals surface area contributed by atoms with Gasteiger partial charge in [-0.2, -0.15) is 0 Å². The number of hydrogen-bond donors (Lipinski definition) is 1. The van der Waals surface area contributed by atoms with Crippen LogP contribution in [0.1, 0.15) is 0 Å². The van der Waals surface area contributed by atoms with Crippen molar-refractivity contribution in [1.82, 2.24) is 9.97 Å². The largest absolute Gasteiger partial charge is 0.378 e. The van der Waals surface area contributed by atoms with E-state index in [0.717, 1.165) is 48.3 Å². The SMILES string of the molecule is Nc1ncc2cccc(-c3ccc(N4CCOCC4)cc3)c2n1. The zero-order chi connectivity index (χ0) is 15.6. The van der Waals surface area contributed by atoms with Crippen molar-refractivity contribution in [2.45, 2.75) is 0 Å². The minimum atomic E-state index is 0.301. The smallest absolute Gasteiger partial charge is 0.220 e. The Morgan fingerprint density at radius 3 is 2.57 bits per heavy atom. The van der Waals surface area contributed by atoms with Gasteiger partial charge in [-0.05, 0) is 17.7 Å². The maximum atomic E-state index is 5.75. The highest BCUT2D eigenvalue weighted by Gasteiger charge is 2.12. The molecule has 1 aromatic heterocycles. The Morgan fingerprint density at radius 1 is 1.00 bits per heavy atom. The Balaban J connectivity index is 1.72. The third kappa shape index (κ3) is 2.71. The molecule has 2 N–H and O–H groups in total. The molecule has 1 saturated heterocycles. The van der Waals surface area contributed by atoms with Crippen LogP contribution in [0.5, 0.6) is 0 Å². The molecule has 0 atom stereocenters. The van der Waals surface area contributed by atoms with Crippen LogP contribution in [-0.2, 0) is 4.74 Å². The summed E-state index contributed by atoms with van der Waals surface area (Å²) >= 11 is 0. The van der Waals surface area contributed by atoms with E-state index >= 15 is 0 Å². The van der Waals surface area contributed by atoms with E-state index in [2.05, 4.69) is 45.2 Å². The monoisotopic (exact) mass is 306 g/mol. The molecule has 1 fully saturated rings. The predicted octanol–water partition coefficient (Wildman–Crippen LogP) is 2.72. The maximum absolute atomic E-state index is 5.75. The van der Waals surface area contributed by atoms with Crippen molar-refractivity contribution >= 4 is 22.5 Å². The Kier molecular flexibility index (Phi) is 3.55. The first kappa shape index (κ1) is 14.0. The third-order valence-electron chi connectivity index (χ3n) is 4.18. The predicted molar refractivity (Wildman–Crippen MR) is 92.4 cm³/mol. The first-order valence-corrected chi connectivity index (χ1v) is 7.76. The Bertz CT molecular complexity index is 826. The second-order valence-electron chi connectivity index (χ2n) is 5.62. The molecular formula is C18H18N4O. The van der Waals surface area contributed by atoms with Crippen molar-refractivity contribution in [3.63, 3.8) is 0 Å². The van der Waals surface area contributed by atoms with Crippen LogP contribution in [0.25, 0.3) is 22.0 Å². The number of benzene rings is 2. The summed E-state index contributed by atoms with van der Waals surface area (Å²) < 4.78 is 5.41. The zero-order valence-electron chi connectivity index (χ0n) is 12.8. The summed E-state index contributed by atoms with van der Waals surface area (Å²) in [6, 6.07) is 14.7. The maximum Gasteiger partial charge on any atom is 0.220 e. The number of aromatic nitrogens is 2. The Hall–Kier alpha value is -2.66. The number of nitrogens with zero attached hydrogens (tertiary/aromatic N) is 3. The summed E-state index contributed by atoms with van der Waals surface area (Å²) in [5.41, 5.74) is 10.1. The van der Waals surface area contributed by atoms with Crippen LogP contribution in [-0.4, -0.2) is 36.3 Å². The molecule has 0 bridgehead atoms. The molecule has 0 unspecified atom stereocenters. The second kappa shape index (κ2) is 5.85. The normalized spacial score (nSPS) is 15.0. The van der Waals surface area contributed by atoms with E-state index in [0.29, 0.717) is 5.95 Å². The number of hydrogen-bond acceptors (Lipinski definition) is 5. The standard InChI is InChI=1S/C18H18N4O/c19-18-20-12-14-2-1-3-16(17(14)21-18)13-4-6-15(7-5-13)22-8-10-23-11-9-22/h1-7,12H,8-11H2,(H2,19,20,21). The molecule has 3 aromatic rings. The van der Waals surface area contributed by atoms with E-state index in [1.54, 1.807) is 6.20 Å². The molecular weight excluding hydrogens is 288 g/mol. The van der Waals surface area contributed by atoms with Gasteiger partial charge in [0, 0.05) is 35.9 Å². The van der Waals surface area contributed by atoms with Gasteiger partial charge >= 0.3 is 0 Å². The quantitative estimate of drug-likeness (QED) is 0.788. The van der Waals surface area contributed by atoms with Gasteiger partial charge in [0.15, 0.2) is 0 Å². The zero-order valence-corrected chi connectivity index (χ0v) is 12.8. The molecule has 1 aliphatic rings. The lowest BCUT2D eigenvalue weighted by molar-refractivity contribution is 0.122. The second-order valence-corrected chi connectivity index (χ2v) is 5.62. The molecule has 0 radical (unpaired) electrons. The molecule has 2 aromatic carbocycles. The number of nitrogens with two attached hydrogens (primary N) is 1. The minimum Gasteiger partial charge on any atom is -0.378 e. The van der Waals surface area contributed by atoms with Gasteiger partial charge in [0.1, 0.15) is 0 Å². The Labute approximate surface area is 134 Å². The van der Waals surface area contributed by atoms with Crippen LogP contribution >= 0.6 is 0 Å². The van der Waals surface area contributed by atoms with Crippen LogP contribution in [0.2, 0.25) is 0 Å². The van der Waals surface area contributed by atoms with Gasteiger partial charge in [0.25, 0.3) is 0 Å². The van der Waals surface area contributed by atoms with Crippen molar-refractivity contribution < 1.29 is 4.74 Å². The summed E-state index contributed by atoms with van der Waals surface area (Å²) in [5.74, 6) is 0.301. The molecule has 0 saturated carbocycles. The first-order chi connectivity index (χ1) is 11.3. The third-order valence-corrected chi connectivity index (χ3v) is 4.18. The first-order valence-electron chi connectivity index (χ1n) is 7.76. The van der Waals surface area contributed by atoms with Crippen LogP contribution < -0.4 is 10.6 Å². The van der Waals surface area contributed by atoms with E-state index in [1.165, 1.54) is 5.69 Å². The number of morpholine rings is 1. The van der Waals surface area contributed by atoms with Crippen LogP contribution in [0.3, 0.4) is 0 Å². The molecule has 0 spiro atoms. The van der Waals surface area contributed by atoms with E-state index in [-0.39, 0.29) is 0 Å². The van der Waals surface area contributed by atoms with Crippen molar-refractivity contribution in [2.75, 3.05) is 36.9 Å². The average molecular weight is 306 g/mol. The molecule has 2 heterocycles. The average Bonchev–Trinajstić information content (AvgIpc) is 2.62. The van der Waals surface area contributed by atoms with E-state index in [9.17, 15) is 0 Å². The van der Waals surface area contributed by atoms with Gasteiger partial charge in [-0.1, -0.05) is 30.3 Å². The van der Waals surface area contributed by atoms with Crippen molar-refractivity contribution in [3.05, 3.63) is 48.7 Å². The highest BCUT2D eigenvalue weighted by Crippen LogP contribution is 2.29. The summed E-state index contributed by atoms with van der Waals surface area (Å²) in [6.45, 7) is 3.47. The van der Waals surface area contributed by atoms with Gasteiger partial charge < -0.3 is 15.4 Å². The van der Waals surface area contributed by atoms with E-state index in [1.807, 2.05) is 12.1 Å². The van der Waals surface area contributed by atoms with Gasteiger partial charge in [0.2, 0.25) is 5.95 Å². The molecule has 5 nitrogen and oxygen atoms in total. The summed E-state index contributed by atoms with van der Waals surface area (Å²) in [5, 5.41) is 0.994. The van der Waals surface area contributed by atoms with Gasteiger partial charge in [0.05, 0.1) is 18.7 Å². The van der Waals surface area contributed by atoms with Crippen LogP contribution in [0.15, 0.2) is 48.7 Å². The summed E-state index contributed by atoms with van der Waals surface area (Å²) in [4.78, 5) is 10.8. The fourth-order valence-electron chi connectivity index (χ4n) is 2.98. The molecule has 4 rings (SSSR count).